The number of aliphatic hydroxyl groups is 1. The lowest BCUT2D eigenvalue weighted by atomic mass is 10.1. The SMILES string of the molecule is C[N+]1=C(c2ccc(C(=O)Nc3ccc(Cl)cc3C(=O)Nc3ccc(Cl)cn3)cc2)N(CCCO)CC1. The van der Waals surface area contributed by atoms with Gasteiger partial charge in [0.1, 0.15) is 18.9 Å². The second kappa shape index (κ2) is 11.5. The Morgan fingerprint density at radius 1 is 1.03 bits per heavy atom. The van der Waals surface area contributed by atoms with E-state index in [2.05, 4.69) is 25.1 Å². The van der Waals surface area contributed by atoms with Gasteiger partial charge in [0.15, 0.2) is 0 Å². The molecule has 0 spiro atoms. The van der Waals surface area contributed by atoms with Crippen molar-refractivity contribution in [1.82, 2.24) is 9.88 Å². The van der Waals surface area contributed by atoms with Gasteiger partial charge in [0.2, 0.25) is 0 Å². The summed E-state index contributed by atoms with van der Waals surface area (Å²) < 4.78 is 2.17. The first-order chi connectivity index (χ1) is 17.4. The molecule has 10 heteroatoms. The van der Waals surface area contributed by atoms with Crippen LogP contribution in [0.3, 0.4) is 0 Å². The zero-order valence-electron chi connectivity index (χ0n) is 19.7. The number of carbonyl (C=O) groups is 2. The summed E-state index contributed by atoms with van der Waals surface area (Å²) in [6.07, 6.45) is 2.12. The van der Waals surface area contributed by atoms with Gasteiger partial charge in [-0.25, -0.2) is 4.98 Å². The van der Waals surface area contributed by atoms with Gasteiger partial charge < -0.3 is 15.7 Å². The number of halogens is 2. The van der Waals surface area contributed by atoms with Gasteiger partial charge in [0, 0.05) is 29.8 Å². The first kappa shape index (κ1) is 25.6. The smallest absolute Gasteiger partial charge is 0.279 e. The number of anilines is 2. The van der Waals surface area contributed by atoms with Crippen LogP contribution < -0.4 is 10.6 Å². The number of amides is 2. The molecular weight excluding hydrogens is 501 g/mol. The molecule has 4 rings (SSSR count). The second-order valence-corrected chi connectivity index (χ2v) is 9.22. The third-order valence-corrected chi connectivity index (χ3v) is 6.26. The highest BCUT2D eigenvalue weighted by Crippen LogP contribution is 2.23. The molecule has 2 heterocycles. The normalized spacial score (nSPS) is 13.2. The lowest BCUT2D eigenvalue weighted by molar-refractivity contribution is -0.486. The highest BCUT2D eigenvalue weighted by molar-refractivity contribution is 6.31. The summed E-state index contributed by atoms with van der Waals surface area (Å²) in [6, 6.07) is 15.2. The van der Waals surface area contributed by atoms with E-state index in [0.717, 1.165) is 31.0 Å². The number of aliphatic hydroxyl groups excluding tert-OH is 1. The molecule has 0 saturated carbocycles. The van der Waals surface area contributed by atoms with E-state index in [-0.39, 0.29) is 18.1 Å². The van der Waals surface area contributed by atoms with Crippen molar-refractivity contribution in [3.8, 4) is 0 Å². The Balaban J connectivity index is 1.50. The number of hydrogen-bond donors (Lipinski definition) is 3. The average molecular weight is 527 g/mol. The molecule has 2 amide bonds. The third kappa shape index (κ3) is 6.02. The predicted molar refractivity (Wildman–Crippen MR) is 141 cm³/mol. The van der Waals surface area contributed by atoms with Crippen LogP contribution in [0.15, 0.2) is 60.8 Å². The fourth-order valence-electron chi connectivity index (χ4n) is 4.02. The van der Waals surface area contributed by atoms with Gasteiger partial charge in [-0.05, 0) is 54.6 Å². The van der Waals surface area contributed by atoms with Gasteiger partial charge >= 0.3 is 0 Å². The quantitative estimate of drug-likeness (QED) is 0.385. The summed E-state index contributed by atoms with van der Waals surface area (Å²) in [6.45, 7) is 2.70. The van der Waals surface area contributed by atoms with Crippen LogP contribution in [0.2, 0.25) is 10.0 Å². The van der Waals surface area contributed by atoms with E-state index in [1.54, 1.807) is 36.4 Å². The molecule has 1 aromatic heterocycles. The number of nitrogens with one attached hydrogen (secondary N) is 2. The molecule has 0 aliphatic carbocycles. The number of aromatic nitrogens is 1. The molecule has 0 fully saturated rings. The number of rotatable bonds is 8. The summed E-state index contributed by atoms with van der Waals surface area (Å²) in [4.78, 5) is 32.2. The first-order valence-corrected chi connectivity index (χ1v) is 12.2. The van der Waals surface area contributed by atoms with Crippen LogP contribution in [0.4, 0.5) is 11.5 Å². The number of carbonyl (C=O) groups excluding carboxylic acids is 2. The fourth-order valence-corrected chi connectivity index (χ4v) is 4.30. The number of likely N-dealkylation sites (N-methyl/N-ethyl adjacent to an activating group) is 1. The van der Waals surface area contributed by atoms with Crippen molar-refractivity contribution in [3.63, 3.8) is 0 Å². The monoisotopic (exact) mass is 526 g/mol. The van der Waals surface area contributed by atoms with Crippen molar-refractivity contribution in [2.75, 3.05) is 43.9 Å². The lowest BCUT2D eigenvalue weighted by Crippen LogP contribution is -2.31. The maximum atomic E-state index is 13.0. The molecule has 36 heavy (non-hydrogen) atoms. The van der Waals surface area contributed by atoms with Crippen molar-refractivity contribution < 1.29 is 19.3 Å². The van der Waals surface area contributed by atoms with Crippen molar-refractivity contribution in [2.45, 2.75) is 6.42 Å². The number of benzene rings is 2. The van der Waals surface area contributed by atoms with Crippen molar-refractivity contribution in [1.29, 1.82) is 0 Å². The van der Waals surface area contributed by atoms with Gasteiger partial charge in [-0.2, -0.15) is 0 Å². The van der Waals surface area contributed by atoms with Gasteiger partial charge in [-0.1, -0.05) is 23.2 Å². The van der Waals surface area contributed by atoms with Gasteiger partial charge in [0.25, 0.3) is 17.6 Å². The van der Waals surface area contributed by atoms with Crippen LogP contribution in [0.5, 0.6) is 0 Å². The average Bonchev–Trinajstić information content (AvgIpc) is 3.25. The van der Waals surface area contributed by atoms with E-state index in [1.165, 1.54) is 12.3 Å². The van der Waals surface area contributed by atoms with E-state index in [9.17, 15) is 14.7 Å². The molecule has 3 N–H and O–H groups in total. The summed E-state index contributed by atoms with van der Waals surface area (Å²) >= 11 is 12.0. The molecular formula is C26H26Cl2N5O3+. The summed E-state index contributed by atoms with van der Waals surface area (Å²) in [5.74, 6) is 0.564. The predicted octanol–water partition coefficient (Wildman–Crippen LogP) is 3.98. The highest BCUT2D eigenvalue weighted by atomic mass is 35.5. The van der Waals surface area contributed by atoms with Crippen LogP contribution in [0.1, 0.15) is 32.7 Å². The Morgan fingerprint density at radius 3 is 2.47 bits per heavy atom. The molecule has 0 bridgehead atoms. The van der Waals surface area contributed by atoms with E-state index in [4.69, 9.17) is 23.2 Å². The zero-order valence-corrected chi connectivity index (χ0v) is 21.2. The standard InChI is InChI=1S/C26H25Cl2N5O3/c1-32-12-13-33(11-2-14-34)26(32)18-5-3-17(4-6-18)24(35)30-22-9-7-19(27)15-21(22)25(36)31-23-10-8-20(28)16-29-23/h3-10,15-16,34H,2,11-14H2,1H3,(H-,29,30,31,35,36)/p+1. The Morgan fingerprint density at radius 2 is 1.78 bits per heavy atom. The molecule has 3 aromatic rings. The largest absolute Gasteiger partial charge is 0.396 e. The molecule has 0 unspecified atom stereocenters. The van der Waals surface area contributed by atoms with Crippen LogP contribution in [0.25, 0.3) is 0 Å². The van der Waals surface area contributed by atoms with Crippen molar-refractivity contribution in [3.05, 3.63) is 87.5 Å². The van der Waals surface area contributed by atoms with E-state index >= 15 is 0 Å². The molecule has 1 aliphatic rings. The molecule has 0 radical (unpaired) electrons. The second-order valence-electron chi connectivity index (χ2n) is 8.35. The number of pyridine rings is 1. The van der Waals surface area contributed by atoms with Crippen LogP contribution in [-0.2, 0) is 0 Å². The Hall–Kier alpha value is -3.46. The maximum Gasteiger partial charge on any atom is 0.279 e. The molecule has 186 valence electrons. The Kier molecular flexibility index (Phi) is 8.20. The fraction of sp³-hybridized carbons (Fsp3) is 0.231. The molecule has 2 aromatic carbocycles. The third-order valence-electron chi connectivity index (χ3n) is 5.80. The Labute approximate surface area is 219 Å². The van der Waals surface area contributed by atoms with E-state index in [0.29, 0.717) is 33.5 Å². The van der Waals surface area contributed by atoms with Crippen molar-refractivity contribution in [2.24, 2.45) is 0 Å². The van der Waals surface area contributed by atoms with Crippen LogP contribution >= 0.6 is 23.2 Å². The van der Waals surface area contributed by atoms with E-state index in [1.807, 2.05) is 19.2 Å². The minimum absolute atomic E-state index is 0.146. The summed E-state index contributed by atoms with van der Waals surface area (Å²) in [7, 11) is 2.03. The molecule has 0 saturated heterocycles. The zero-order chi connectivity index (χ0) is 25.7. The van der Waals surface area contributed by atoms with Gasteiger partial charge in [-0.3, -0.25) is 19.1 Å². The number of hydrogen-bond acceptors (Lipinski definition) is 5. The lowest BCUT2D eigenvalue weighted by Gasteiger charge is -2.14. The highest BCUT2D eigenvalue weighted by Gasteiger charge is 2.29. The van der Waals surface area contributed by atoms with E-state index < -0.39 is 5.91 Å². The molecule has 1 aliphatic heterocycles. The van der Waals surface area contributed by atoms with Crippen LogP contribution in [-0.4, -0.2) is 70.5 Å². The van der Waals surface area contributed by atoms with Crippen molar-refractivity contribution >= 4 is 52.4 Å². The number of amidine groups is 1. The van der Waals surface area contributed by atoms with Crippen LogP contribution in [0, 0.1) is 0 Å². The minimum atomic E-state index is -0.471. The summed E-state index contributed by atoms with van der Waals surface area (Å²) in [5.41, 5.74) is 1.96. The molecule has 8 nitrogen and oxygen atoms in total. The maximum absolute atomic E-state index is 13.0. The first-order valence-electron chi connectivity index (χ1n) is 11.4. The topological polar surface area (TPSA) is 97.6 Å². The Bertz CT molecular complexity index is 1290. The minimum Gasteiger partial charge on any atom is -0.396 e. The van der Waals surface area contributed by atoms with Gasteiger partial charge in [0.05, 0.1) is 35.4 Å². The number of nitrogens with zero attached hydrogens (tertiary/aromatic N) is 3. The molecule has 0 atom stereocenters. The summed E-state index contributed by atoms with van der Waals surface area (Å²) in [5, 5.41) is 15.5. The van der Waals surface area contributed by atoms with Gasteiger partial charge in [-0.15, -0.1) is 0 Å².